The fourth-order valence-electron chi connectivity index (χ4n) is 1.38. The van der Waals surface area contributed by atoms with E-state index >= 15 is 0 Å². The minimum Gasteiger partial charge on any atom is -0.494 e. The molecule has 0 aliphatic rings. The van der Waals surface area contributed by atoms with Crippen molar-refractivity contribution >= 4 is 11.7 Å². The predicted octanol–water partition coefficient (Wildman–Crippen LogP) is 3.40. The van der Waals surface area contributed by atoms with Gasteiger partial charge in [-0.1, -0.05) is 19.9 Å². The first-order valence-electron chi connectivity index (χ1n) is 6.46. The Hall–Kier alpha value is -1.71. The summed E-state index contributed by atoms with van der Waals surface area (Å²) in [6.07, 6.45) is 1.87. The van der Waals surface area contributed by atoms with Crippen LogP contribution < -0.4 is 15.4 Å². The minimum absolute atomic E-state index is 0.171. The highest BCUT2D eigenvalue weighted by atomic mass is 16.5. The summed E-state index contributed by atoms with van der Waals surface area (Å²) in [6.45, 7) is 6.74. The molecule has 1 aromatic carbocycles. The van der Waals surface area contributed by atoms with Crippen molar-refractivity contribution in [2.24, 2.45) is 0 Å². The number of nitrogens with one attached hydrogen (secondary N) is 2. The van der Waals surface area contributed by atoms with Crippen LogP contribution in [0.4, 0.5) is 10.5 Å². The Kier molecular flexibility index (Phi) is 6.05. The zero-order chi connectivity index (χ0) is 13.4. The van der Waals surface area contributed by atoms with E-state index in [1.54, 1.807) is 0 Å². The number of ether oxygens (including phenoxy) is 1. The Balaban J connectivity index is 2.53. The average Bonchev–Trinajstić information content (AvgIpc) is 2.36. The number of carbonyl (C=O) groups is 1. The Morgan fingerprint density at radius 3 is 2.83 bits per heavy atom. The van der Waals surface area contributed by atoms with Crippen LogP contribution >= 0.6 is 0 Å². The van der Waals surface area contributed by atoms with Crippen LogP contribution in [0.5, 0.6) is 5.75 Å². The summed E-state index contributed by atoms with van der Waals surface area (Å²) in [4.78, 5) is 11.6. The molecule has 0 aliphatic heterocycles. The van der Waals surface area contributed by atoms with Crippen LogP contribution in [-0.2, 0) is 0 Å². The SMILES string of the molecule is CCCOc1cccc(NC(=O)N[C@H](C)CC)c1. The Morgan fingerprint density at radius 1 is 1.39 bits per heavy atom. The van der Waals surface area contributed by atoms with Gasteiger partial charge in [0.15, 0.2) is 0 Å². The fraction of sp³-hybridized carbons (Fsp3) is 0.500. The second-order valence-corrected chi connectivity index (χ2v) is 4.28. The maximum Gasteiger partial charge on any atom is 0.319 e. The van der Waals surface area contributed by atoms with Crippen molar-refractivity contribution in [1.29, 1.82) is 0 Å². The number of amides is 2. The van der Waals surface area contributed by atoms with Gasteiger partial charge in [0.2, 0.25) is 0 Å². The van der Waals surface area contributed by atoms with Crippen LogP contribution in [0.15, 0.2) is 24.3 Å². The predicted molar refractivity (Wildman–Crippen MR) is 74.1 cm³/mol. The minimum atomic E-state index is -0.183. The summed E-state index contributed by atoms with van der Waals surface area (Å²) in [5, 5.41) is 5.64. The number of hydrogen-bond acceptors (Lipinski definition) is 2. The maximum atomic E-state index is 11.6. The molecule has 0 bridgehead atoms. The van der Waals surface area contributed by atoms with Gasteiger partial charge in [-0.15, -0.1) is 0 Å². The normalized spacial score (nSPS) is 11.7. The molecule has 1 rings (SSSR count). The van der Waals surface area contributed by atoms with E-state index in [1.807, 2.05) is 38.1 Å². The molecule has 0 fully saturated rings. The van der Waals surface area contributed by atoms with Gasteiger partial charge in [-0.25, -0.2) is 4.79 Å². The summed E-state index contributed by atoms with van der Waals surface area (Å²) in [7, 11) is 0. The lowest BCUT2D eigenvalue weighted by Crippen LogP contribution is -2.35. The van der Waals surface area contributed by atoms with Crippen molar-refractivity contribution in [1.82, 2.24) is 5.32 Å². The third-order valence-electron chi connectivity index (χ3n) is 2.55. The number of urea groups is 1. The molecule has 0 unspecified atom stereocenters. The van der Waals surface area contributed by atoms with Gasteiger partial charge in [0, 0.05) is 17.8 Å². The molecule has 0 heterocycles. The third kappa shape index (κ3) is 5.08. The number of rotatable bonds is 6. The molecule has 0 aliphatic carbocycles. The van der Waals surface area contributed by atoms with Crippen molar-refractivity contribution in [2.45, 2.75) is 39.7 Å². The van der Waals surface area contributed by atoms with Crippen molar-refractivity contribution in [3.8, 4) is 5.75 Å². The Morgan fingerprint density at radius 2 is 2.17 bits per heavy atom. The van der Waals surface area contributed by atoms with Gasteiger partial charge in [0.05, 0.1) is 6.61 Å². The first-order valence-corrected chi connectivity index (χ1v) is 6.46. The monoisotopic (exact) mass is 250 g/mol. The maximum absolute atomic E-state index is 11.6. The van der Waals surface area contributed by atoms with Gasteiger partial charge in [-0.05, 0) is 31.9 Å². The zero-order valence-corrected chi connectivity index (χ0v) is 11.3. The standard InChI is InChI=1S/C14H22N2O2/c1-4-9-18-13-8-6-7-12(10-13)16-14(17)15-11(3)5-2/h6-8,10-11H,4-5,9H2,1-3H3,(H2,15,16,17)/t11-/m1/s1. The van der Waals surface area contributed by atoms with Crippen molar-refractivity contribution in [2.75, 3.05) is 11.9 Å². The molecule has 100 valence electrons. The van der Waals surface area contributed by atoms with E-state index in [9.17, 15) is 4.79 Å². The van der Waals surface area contributed by atoms with Crippen LogP contribution in [-0.4, -0.2) is 18.7 Å². The van der Waals surface area contributed by atoms with E-state index in [0.29, 0.717) is 6.61 Å². The molecule has 0 saturated carbocycles. The summed E-state index contributed by atoms with van der Waals surface area (Å²) in [6, 6.07) is 7.40. The van der Waals surface area contributed by atoms with E-state index < -0.39 is 0 Å². The van der Waals surface area contributed by atoms with Crippen molar-refractivity contribution < 1.29 is 9.53 Å². The number of benzene rings is 1. The molecule has 1 aromatic rings. The number of anilines is 1. The lowest BCUT2D eigenvalue weighted by atomic mass is 10.2. The van der Waals surface area contributed by atoms with E-state index in [1.165, 1.54) is 0 Å². The molecule has 4 heteroatoms. The molecule has 0 saturated heterocycles. The molecule has 2 N–H and O–H groups in total. The largest absolute Gasteiger partial charge is 0.494 e. The van der Waals surface area contributed by atoms with Crippen LogP contribution in [0.25, 0.3) is 0 Å². The average molecular weight is 250 g/mol. The molecule has 1 atom stereocenters. The molecule has 2 amide bonds. The zero-order valence-electron chi connectivity index (χ0n) is 11.3. The van der Waals surface area contributed by atoms with Crippen LogP contribution in [0.2, 0.25) is 0 Å². The van der Waals surface area contributed by atoms with E-state index in [0.717, 1.165) is 24.3 Å². The summed E-state index contributed by atoms with van der Waals surface area (Å²) in [5.41, 5.74) is 0.740. The Bertz CT molecular complexity index is 380. The van der Waals surface area contributed by atoms with E-state index in [2.05, 4.69) is 17.6 Å². The van der Waals surface area contributed by atoms with Gasteiger partial charge < -0.3 is 15.4 Å². The van der Waals surface area contributed by atoms with Crippen LogP contribution in [0.1, 0.15) is 33.6 Å². The molecule has 0 radical (unpaired) electrons. The highest BCUT2D eigenvalue weighted by Gasteiger charge is 2.05. The molecular formula is C14H22N2O2. The lowest BCUT2D eigenvalue weighted by molar-refractivity contribution is 0.249. The molecule has 18 heavy (non-hydrogen) atoms. The first-order chi connectivity index (χ1) is 8.65. The summed E-state index contributed by atoms with van der Waals surface area (Å²) in [5.74, 6) is 0.776. The Labute approximate surface area is 109 Å². The van der Waals surface area contributed by atoms with Gasteiger partial charge in [0.1, 0.15) is 5.75 Å². The molecule has 0 spiro atoms. The highest BCUT2D eigenvalue weighted by Crippen LogP contribution is 2.17. The van der Waals surface area contributed by atoms with Crippen LogP contribution in [0.3, 0.4) is 0 Å². The van der Waals surface area contributed by atoms with E-state index in [-0.39, 0.29) is 12.1 Å². The van der Waals surface area contributed by atoms with Crippen LogP contribution in [0, 0.1) is 0 Å². The lowest BCUT2D eigenvalue weighted by Gasteiger charge is -2.13. The summed E-state index contributed by atoms with van der Waals surface area (Å²) >= 11 is 0. The molecular weight excluding hydrogens is 228 g/mol. The number of carbonyl (C=O) groups excluding carboxylic acids is 1. The first kappa shape index (κ1) is 14.4. The smallest absolute Gasteiger partial charge is 0.319 e. The van der Waals surface area contributed by atoms with Gasteiger partial charge >= 0.3 is 6.03 Å². The van der Waals surface area contributed by atoms with E-state index in [4.69, 9.17) is 4.74 Å². The molecule has 4 nitrogen and oxygen atoms in total. The highest BCUT2D eigenvalue weighted by molar-refractivity contribution is 5.89. The number of hydrogen-bond donors (Lipinski definition) is 2. The summed E-state index contributed by atoms with van der Waals surface area (Å²) < 4.78 is 5.51. The second kappa shape index (κ2) is 7.58. The third-order valence-corrected chi connectivity index (χ3v) is 2.55. The topological polar surface area (TPSA) is 50.4 Å². The van der Waals surface area contributed by atoms with Gasteiger partial charge in [-0.2, -0.15) is 0 Å². The quantitative estimate of drug-likeness (QED) is 0.813. The van der Waals surface area contributed by atoms with Crippen molar-refractivity contribution in [3.63, 3.8) is 0 Å². The fourth-order valence-corrected chi connectivity index (χ4v) is 1.38. The second-order valence-electron chi connectivity index (χ2n) is 4.28. The van der Waals surface area contributed by atoms with Gasteiger partial charge in [-0.3, -0.25) is 0 Å². The molecule has 0 aromatic heterocycles. The van der Waals surface area contributed by atoms with Crippen molar-refractivity contribution in [3.05, 3.63) is 24.3 Å². The van der Waals surface area contributed by atoms with Gasteiger partial charge in [0.25, 0.3) is 0 Å².